The monoisotopic (exact) mass is 317 g/mol. The van der Waals surface area contributed by atoms with Crippen molar-refractivity contribution in [1.29, 1.82) is 0 Å². The second-order valence-corrected chi connectivity index (χ2v) is 4.90. The van der Waals surface area contributed by atoms with Crippen LogP contribution in [0.25, 0.3) is 0 Å². The summed E-state index contributed by atoms with van der Waals surface area (Å²) in [6, 6.07) is 15.5. The van der Waals surface area contributed by atoms with Crippen molar-refractivity contribution in [3.63, 3.8) is 0 Å². The maximum absolute atomic E-state index is 12.0. The molecule has 1 N–H and O–H groups in total. The molecule has 2 aromatic rings. The minimum atomic E-state index is -0.0784. The van der Waals surface area contributed by atoms with E-state index in [-0.39, 0.29) is 5.91 Å². The number of hydrogen-bond acceptors (Lipinski definition) is 1. The van der Waals surface area contributed by atoms with Crippen LogP contribution in [0, 0.1) is 0 Å². The SMILES string of the molecule is CCc1ccc(NC(=O)c2ccc(CBr)cc2)cc1. The standard InChI is InChI=1S/C16H16BrNO/c1-2-12-5-9-15(10-6-12)18-16(19)14-7-3-13(11-17)4-8-14/h3-10H,2,11H2,1H3,(H,18,19). The Kier molecular flexibility index (Phi) is 4.74. The van der Waals surface area contributed by atoms with Crippen LogP contribution >= 0.6 is 15.9 Å². The van der Waals surface area contributed by atoms with Crippen LogP contribution < -0.4 is 5.32 Å². The first-order valence-electron chi connectivity index (χ1n) is 6.28. The number of nitrogens with one attached hydrogen (secondary N) is 1. The van der Waals surface area contributed by atoms with Crippen LogP contribution in [0.2, 0.25) is 0 Å². The number of carbonyl (C=O) groups is 1. The smallest absolute Gasteiger partial charge is 0.255 e. The average molecular weight is 318 g/mol. The van der Waals surface area contributed by atoms with Gasteiger partial charge in [0.15, 0.2) is 0 Å². The summed E-state index contributed by atoms with van der Waals surface area (Å²) < 4.78 is 0. The Balaban J connectivity index is 2.06. The van der Waals surface area contributed by atoms with Gasteiger partial charge in [-0.2, -0.15) is 0 Å². The number of hydrogen-bond donors (Lipinski definition) is 1. The molecule has 0 spiro atoms. The number of rotatable bonds is 4. The van der Waals surface area contributed by atoms with Gasteiger partial charge in [-0.25, -0.2) is 0 Å². The third-order valence-corrected chi connectivity index (χ3v) is 3.64. The van der Waals surface area contributed by atoms with E-state index in [1.807, 2.05) is 48.5 Å². The second kappa shape index (κ2) is 6.53. The van der Waals surface area contributed by atoms with Gasteiger partial charge in [0.1, 0.15) is 0 Å². The Morgan fingerprint density at radius 2 is 1.58 bits per heavy atom. The topological polar surface area (TPSA) is 29.1 Å². The van der Waals surface area contributed by atoms with Gasteiger partial charge in [-0.05, 0) is 41.8 Å². The molecule has 0 bridgehead atoms. The minimum Gasteiger partial charge on any atom is -0.322 e. The van der Waals surface area contributed by atoms with E-state index >= 15 is 0 Å². The zero-order chi connectivity index (χ0) is 13.7. The number of carbonyl (C=O) groups excluding carboxylic acids is 1. The van der Waals surface area contributed by atoms with E-state index in [1.54, 1.807) is 0 Å². The molecule has 0 heterocycles. The molecule has 2 aromatic carbocycles. The first kappa shape index (κ1) is 13.8. The lowest BCUT2D eigenvalue weighted by molar-refractivity contribution is 0.102. The fourth-order valence-corrected chi connectivity index (χ4v) is 2.15. The summed E-state index contributed by atoms with van der Waals surface area (Å²) >= 11 is 3.39. The highest BCUT2D eigenvalue weighted by Crippen LogP contribution is 2.13. The molecule has 0 aliphatic rings. The molecule has 1 amide bonds. The molecule has 19 heavy (non-hydrogen) atoms. The molecule has 98 valence electrons. The lowest BCUT2D eigenvalue weighted by Crippen LogP contribution is -2.11. The lowest BCUT2D eigenvalue weighted by Gasteiger charge is -2.06. The van der Waals surface area contributed by atoms with Gasteiger partial charge in [0.25, 0.3) is 5.91 Å². The van der Waals surface area contributed by atoms with Crippen molar-refractivity contribution in [3.05, 3.63) is 65.2 Å². The van der Waals surface area contributed by atoms with Crippen molar-refractivity contribution in [1.82, 2.24) is 0 Å². The Morgan fingerprint density at radius 1 is 1.00 bits per heavy atom. The molecule has 3 heteroatoms. The minimum absolute atomic E-state index is 0.0784. The van der Waals surface area contributed by atoms with Crippen molar-refractivity contribution in [3.8, 4) is 0 Å². The molecule has 0 saturated carbocycles. The molecule has 2 rings (SSSR count). The third kappa shape index (κ3) is 3.67. The highest BCUT2D eigenvalue weighted by atomic mass is 79.9. The van der Waals surface area contributed by atoms with E-state index in [0.29, 0.717) is 5.56 Å². The summed E-state index contributed by atoms with van der Waals surface area (Å²) in [5.74, 6) is -0.0784. The van der Waals surface area contributed by atoms with Crippen LogP contribution in [0.4, 0.5) is 5.69 Å². The van der Waals surface area contributed by atoms with Crippen LogP contribution in [0.15, 0.2) is 48.5 Å². The molecule has 0 atom stereocenters. The number of amides is 1. The largest absolute Gasteiger partial charge is 0.322 e. The van der Waals surface area contributed by atoms with Crippen molar-refractivity contribution < 1.29 is 4.79 Å². The molecule has 0 fully saturated rings. The summed E-state index contributed by atoms with van der Waals surface area (Å²) in [4.78, 5) is 12.0. The van der Waals surface area contributed by atoms with Gasteiger partial charge >= 0.3 is 0 Å². The van der Waals surface area contributed by atoms with Crippen LogP contribution in [0.3, 0.4) is 0 Å². The number of alkyl halides is 1. The molecule has 0 saturated heterocycles. The molecule has 0 radical (unpaired) electrons. The summed E-state index contributed by atoms with van der Waals surface area (Å²) in [6.45, 7) is 2.11. The van der Waals surface area contributed by atoms with Crippen LogP contribution in [-0.2, 0) is 11.8 Å². The van der Waals surface area contributed by atoms with E-state index in [2.05, 4.69) is 28.2 Å². The van der Waals surface area contributed by atoms with Crippen molar-refractivity contribution in [2.45, 2.75) is 18.7 Å². The first-order valence-corrected chi connectivity index (χ1v) is 7.40. The Hall–Kier alpha value is -1.61. The summed E-state index contributed by atoms with van der Waals surface area (Å²) in [6.07, 6.45) is 1.00. The molecule has 0 aromatic heterocycles. The van der Waals surface area contributed by atoms with Gasteiger partial charge in [-0.3, -0.25) is 4.79 Å². The molecular weight excluding hydrogens is 302 g/mol. The molecule has 0 aliphatic heterocycles. The van der Waals surface area contributed by atoms with Gasteiger partial charge in [0.2, 0.25) is 0 Å². The zero-order valence-electron chi connectivity index (χ0n) is 10.8. The summed E-state index contributed by atoms with van der Waals surface area (Å²) in [5, 5.41) is 3.70. The number of anilines is 1. The second-order valence-electron chi connectivity index (χ2n) is 4.34. The molecule has 2 nitrogen and oxygen atoms in total. The van der Waals surface area contributed by atoms with E-state index in [9.17, 15) is 4.79 Å². The van der Waals surface area contributed by atoms with E-state index < -0.39 is 0 Å². The average Bonchev–Trinajstić information content (AvgIpc) is 2.48. The fourth-order valence-electron chi connectivity index (χ4n) is 1.77. The summed E-state index contributed by atoms with van der Waals surface area (Å²) in [7, 11) is 0. The highest BCUT2D eigenvalue weighted by Gasteiger charge is 2.05. The fraction of sp³-hybridized carbons (Fsp3) is 0.188. The Bertz CT molecular complexity index is 546. The van der Waals surface area contributed by atoms with Gasteiger partial charge in [0.05, 0.1) is 0 Å². The number of aryl methyl sites for hydroxylation is 1. The molecular formula is C16H16BrNO. The van der Waals surface area contributed by atoms with Gasteiger partial charge in [-0.1, -0.05) is 47.1 Å². The molecule has 0 aliphatic carbocycles. The maximum atomic E-state index is 12.0. The van der Waals surface area contributed by atoms with Crippen molar-refractivity contribution in [2.24, 2.45) is 0 Å². The quantitative estimate of drug-likeness (QED) is 0.832. The number of benzene rings is 2. The van der Waals surface area contributed by atoms with Gasteiger partial charge in [-0.15, -0.1) is 0 Å². The predicted octanol–water partition coefficient (Wildman–Crippen LogP) is 4.40. The van der Waals surface area contributed by atoms with E-state index in [4.69, 9.17) is 0 Å². The third-order valence-electron chi connectivity index (χ3n) is 2.99. The Labute approximate surface area is 122 Å². The first-order chi connectivity index (χ1) is 9.22. The van der Waals surface area contributed by atoms with Crippen molar-refractivity contribution >= 4 is 27.5 Å². The van der Waals surface area contributed by atoms with Gasteiger partial charge < -0.3 is 5.32 Å². The summed E-state index contributed by atoms with van der Waals surface area (Å²) in [5.41, 5.74) is 3.92. The highest BCUT2D eigenvalue weighted by molar-refractivity contribution is 9.08. The number of halogens is 1. The van der Waals surface area contributed by atoms with E-state index in [1.165, 1.54) is 5.56 Å². The van der Waals surface area contributed by atoms with Crippen molar-refractivity contribution in [2.75, 3.05) is 5.32 Å². The lowest BCUT2D eigenvalue weighted by atomic mass is 10.1. The van der Waals surface area contributed by atoms with Crippen LogP contribution in [0.5, 0.6) is 0 Å². The molecule has 0 unspecified atom stereocenters. The Morgan fingerprint density at radius 3 is 2.11 bits per heavy atom. The zero-order valence-corrected chi connectivity index (χ0v) is 12.4. The normalized spacial score (nSPS) is 10.2. The van der Waals surface area contributed by atoms with Crippen LogP contribution in [-0.4, -0.2) is 5.91 Å². The van der Waals surface area contributed by atoms with Gasteiger partial charge in [0, 0.05) is 16.6 Å². The predicted molar refractivity (Wildman–Crippen MR) is 82.8 cm³/mol. The van der Waals surface area contributed by atoms with Crippen LogP contribution in [0.1, 0.15) is 28.4 Å². The van der Waals surface area contributed by atoms with E-state index in [0.717, 1.165) is 23.0 Å². The maximum Gasteiger partial charge on any atom is 0.255 e.